The lowest BCUT2D eigenvalue weighted by molar-refractivity contribution is 0.0951. The van der Waals surface area contributed by atoms with Crippen molar-refractivity contribution < 1.29 is 14.3 Å². The van der Waals surface area contributed by atoms with Gasteiger partial charge < -0.3 is 19.4 Å². The molecule has 0 atom stereocenters. The van der Waals surface area contributed by atoms with Crippen molar-refractivity contribution in [1.29, 1.82) is 0 Å². The molecule has 6 nitrogen and oxygen atoms in total. The van der Waals surface area contributed by atoms with E-state index in [1.165, 1.54) is 5.56 Å². The molecule has 1 amide bonds. The van der Waals surface area contributed by atoms with Crippen LogP contribution >= 0.6 is 0 Å². The average molecular weight is 500 g/mol. The number of imidazole rings is 1. The molecule has 0 bridgehead atoms. The maximum absolute atomic E-state index is 12.7. The number of aryl methyl sites for hydroxylation is 1. The van der Waals surface area contributed by atoms with E-state index in [0.717, 1.165) is 42.0 Å². The van der Waals surface area contributed by atoms with Crippen molar-refractivity contribution in [2.45, 2.75) is 52.0 Å². The average Bonchev–Trinajstić information content (AvgIpc) is 3.25. The number of nitrogens with one attached hydrogen (secondary N) is 1. The molecule has 1 heterocycles. The van der Waals surface area contributed by atoms with Crippen molar-refractivity contribution in [2.24, 2.45) is 0 Å². The van der Waals surface area contributed by atoms with Gasteiger partial charge in [0.1, 0.15) is 17.3 Å². The van der Waals surface area contributed by atoms with Gasteiger partial charge in [0.25, 0.3) is 5.91 Å². The fourth-order valence-electron chi connectivity index (χ4n) is 4.39. The third-order valence-corrected chi connectivity index (χ3v) is 6.48. The van der Waals surface area contributed by atoms with Gasteiger partial charge in [-0.25, -0.2) is 4.98 Å². The van der Waals surface area contributed by atoms with Crippen molar-refractivity contribution in [3.63, 3.8) is 0 Å². The van der Waals surface area contributed by atoms with Crippen LogP contribution in [0.4, 0.5) is 0 Å². The third kappa shape index (κ3) is 6.70. The largest absolute Gasteiger partial charge is 0.496 e. The van der Waals surface area contributed by atoms with Crippen LogP contribution in [0.15, 0.2) is 72.8 Å². The zero-order chi connectivity index (χ0) is 26.3. The van der Waals surface area contributed by atoms with Crippen LogP contribution in [0.1, 0.15) is 55.4 Å². The molecular formula is C31H37N3O3. The Balaban J connectivity index is 1.32. The van der Waals surface area contributed by atoms with Crippen molar-refractivity contribution in [3.05, 3.63) is 89.7 Å². The number of carbonyl (C=O) groups is 1. The van der Waals surface area contributed by atoms with Crippen molar-refractivity contribution in [2.75, 3.05) is 20.3 Å². The Morgan fingerprint density at radius 3 is 2.43 bits per heavy atom. The smallest absolute Gasteiger partial charge is 0.255 e. The lowest BCUT2D eigenvalue weighted by Gasteiger charge is -2.19. The number of para-hydroxylation sites is 3. The summed E-state index contributed by atoms with van der Waals surface area (Å²) >= 11 is 0. The number of nitrogens with zero attached hydrogens (tertiary/aromatic N) is 2. The highest BCUT2D eigenvalue weighted by Gasteiger charge is 2.14. The number of hydrogen-bond acceptors (Lipinski definition) is 4. The van der Waals surface area contributed by atoms with E-state index in [1.807, 2.05) is 30.3 Å². The summed E-state index contributed by atoms with van der Waals surface area (Å²) in [6, 6.07) is 23.8. The second-order valence-electron chi connectivity index (χ2n) is 10.2. The number of carbonyl (C=O) groups excluding carboxylic acids is 1. The predicted octanol–water partition coefficient (Wildman–Crippen LogP) is 6.17. The summed E-state index contributed by atoms with van der Waals surface area (Å²) in [5.41, 5.74) is 4.07. The molecule has 0 aliphatic rings. The summed E-state index contributed by atoms with van der Waals surface area (Å²) in [6.45, 7) is 8.66. The molecule has 4 aromatic rings. The zero-order valence-corrected chi connectivity index (χ0v) is 22.3. The van der Waals surface area contributed by atoms with E-state index in [1.54, 1.807) is 19.2 Å². The standard InChI is InChI=1S/C31H37N3O3/c1-31(2,3)23-15-17-24(18-16-23)37-22-10-9-21-34-27-13-7-6-12-26(27)33-29(34)19-20-32-30(35)25-11-5-8-14-28(25)36-4/h5-8,11-18H,9-10,19-22H2,1-4H3,(H,32,35). The lowest BCUT2D eigenvalue weighted by atomic mass is 9.87. The molecule has 0 aliphatic carbocycles. The van der Waals surface area contributed by atoms with Crippen LogP contribution in [-0.2, 0) is 18.4 Å². The van der Waals surface area contributed by atoms with Crippen molar-refractivity contribution >= 4 is 16.9 Å². The highest BCUT2D eigenvalue weighted by atomic mass is 16.5. The SMILES string of the molecule is COc1ccccc1C(=O)NCCc1nc2ccccc2n1CCCCOc1ccc(C(C)(C)C)cc1. The summed E-state index contributed by atoms with van der Waals surface area (Å²) in [5, 5.41) is 3.01. The molecule has 0 radical (unpaired) electrons. The quantitative estimate of drug-likeness (QED) is 0.251. The van der Waals surface area contributed by atoms with Crippen LogP contribution in [0.25, 0.3) is 11.0 Å². The summed E-state index contributed by atoms with van der Waals surface area (Å²) in [6.07, 6.45) is 2.56. The molecule has 4 rings (SSSR count). The number of hydrogen-bond donors (Lipinski definition) is 1. The van der Waals surface area contributed by atoms with E-state index in [9.17, 15) is 4.79 Å². The van der Waals surface area contributed by atoms with Crippen LogP contribution in [0, 0.1) is 0 Å². The summed E-state index contributed by atoms with van der Waals surface area (Å²) in [7, 11) is 1.57. The molecule has 0 saturated carbocycles. The fraction of sp³-hybridized carbons (Fsp3) is 0.355. The number of amides is 1. The molecule has 194 valence electrons. The summed E-state index contributed by atoms with van der Waals surface area (Å²) in [4.78, 5) is 17.5. The first-order valence-electron chi connectivity index (χ1n) is 13.0. The van der Waals surface area contributed by atoms with Gasteiger partial charge in [-0.15, -0.1) is 0 Å². The minimum absolute atomic E-state index is 0.140. The van der Waals surface area contributed by atoms with Crippen LogP contribution in [0.2, 0.25) is 0 Å². The minimum Gasteiger partial charge on any atom is -0.496 e. The number of fused-ring (bicyclic) bond motifs is 1. The van der Waals surface area contributed by atoms with E-state index in [4.69, 9.17) is 14.5 Å². The summed E-state index contributed by atoms with van der Waals surface area (Å²) in [5.74, 6) is 2.31. The molecule has 1 aromatic heterocycles. The molecule has 0 unspecified atom stereocenters. The Labute approximate surface area is 219 Å². The number of unbranched alkanes of at least 4 members (excludes halogenated alkanes) is 1. The first-order chi connectivity index (χ1) is 17.9. The maximum Gasteiger partial charge on any atom is 0.255 e. The fourth-order valence-corrected chi connectivity index (χ4v) is 4.39. The molecule has 3 aromatic carbocycles. The number of benzene rings is 3. The maximum atomic E-state index is 12.7. The van der Waals surface area contributed by atoms with Crippen LogP contribution < -0.4 is 14.8 Å². The monoisotopic (exact) mass is 499 g/mol. The number of aromatic nitrogens is 2. The zero-order valence-electron chi connectivity index (χ0n) is 22.3. The van der Waals surface area contributed by atoms with Crippen LogP contribution in [0.5, 0.6) is 11.5 Å². The Kier molecular flexibility index (Phi) is 8.49. The van der Waals surface area contributed by atoms with Gasteiger partial charge in [0.2, 0.25) is 0 Å². The molecule has 0 aliphatic heterocycles. The van der Waals surface area contributed by atoms with E-state index >= 15 is 0 Å². The van der Waals surface area contributed by atoms with Crippen molar-refractivity contribution in [3.8, 4) is 11.5 Å². The Morgan fingerprint density at radius 2 is 1.68 bits per heavy atom. The highest BCUT2D eigenvalue weighted by molar-refractivity contribution is 5.96. The molecule has 0 fully saturated rings. The lowest BCUT2D eigenvalue weighted by Crippen LogP contribution is -2.27. The first-order valence-corrected chi connectivity index (χ1v) is 13.0. The first kappa shape index (κ1) is 26.3. The second kappa shape index (κ2) is 12.0. The van der Waals surface area contributed by atoms with Gasteiger partial charge >= 0.3 is 0 Å². The van der Waals surface area contributed by atoms with Gasteiger partial charge in [-0.05, 0) is 60.2 Å². The topological polar surface area (TPSA) is 65.4 Å². The van der Waals surface area contributed by atoms with Gasteiger partial charge in [-0.2, -0.15) is 0 Å². The van der Waals surface area contributed by atoms with E-state index in [0.29, 0.717) is 30.9 Å². The molecular weight excluding hydrogens is 462 g/mol. The summed E-state index contributed by atoms with van der Waals surface area (Å²) < 4.78 is 13.6. The molecule has 0 spiro atoms. The second-order valence-corrected chi connectivity index (χ2v) is 10.2. The van der Waals surface area contributed by atoms with Crippen molar-refractivity contribution in [1.82, 2.24) is 14.9 Å². The Morgan fingerprint density at radius 1 is 0.946 bits per heavy atom. The van der Waals surface area contributed by atoms with E-state index in [-0.39, 0.29) is 11.3 Å². The molecule has 6 heteroatoms. The Hall–Kier alpha value is -3.80. The Bertz CT molecular complexity index is 1320. The number of methoxy groups -OCH3 is 1. The molecule has 0 saturated heterocycles. The van der Waals surface area contributed by atoms with Gasteiger partial charge in [0.05, 0.1) is 30.3 Å². The van der Waals surface area contributed by atoms with Gasteiger partial charge in [0, 0.05) is 19.5 Å². The third-order valence-electron chi connectivity index (χ3n) is 6.48. The number of rotatable bonds is 11. The minimum atomic E-state index is -0.146. The van der Waals surface area contributed by atoms with E-state index in [2.05, 4.69) is 61.0 Å². The normalized spacial score (nSPS) is 11.5. The van der Waals surface area contributed by atoms with Gasteiger partial charge in [0.15, 0.2) is 0 Å². The van der Waals surface area contributed by atoms with Gasteiger partial charge in [-0.3, -0.25) is 4.79 Å². The van der Waals surface area contributed by atoms with Crippen LogP contribution in [0.3, 0.4) is 0 Å². The molecule has 1 N–H and O–H groups in total. The van der Waals surface area contributed by atoms with Gasteiger partial charge in [-0.1, -0.05) is 57.2 Å². The highest BCUT2D eigenvalue weighted by Crippen LogP contribution is 2.24. The number of ether oxygens (including phenoxy) is 2. The molecule has 37 heavy (non-hydrogen) atoms. The van der Waals surface area contributed by atoms with Crippen LogP contribution in [-0.4, -0.2) is 35.7 Å². The van der Waals surface area contributed by atoms with E-state index < -0.39 is 0 Å². The predicted molar refractivity (Wildman–Crippen MR) is 149 cm³/mol.